The largest absolute Gasteiger partial charge is 0.573 e. The minimum Gasteiger partial charge on any atom is -0.438 e. The van der Waals surface area contributed by atoms with Gasteiger partial charge in [0.25, 0.3) is 5.91 Å². The van der Waals surface area contributed by atoms with Crippen LogP contribution in [0.15, 0.2) is 72.2 Å². The fraction of sp³-hybridized carbons (Fsp3) is 0.0833. The van der Waals surface area contributed by atoms with E-state index in [0.717, 1.165) is 11.3 Å². The Bertz CT molecular complexity index is 1390. The second-order valence-electron chi connectivity index (χ2n) is 7.30. The number of primary amides is 1. The minimum absolute atomic E-state index is 0.0419. The van der Waals surface area contributed by atoms with Crippen molar-refractivity contribution in [2.75, 3.05) is 5.32 Å². The van der Waals surface area contributed by atoms with Crippen LogP contribution < -0.4 is 20.5 Å². The Kier molecular flexibility index (Phi) is 7.15. The maximum Gasteiger partial charge on any atom is 0.573 e. The van der Waals surface area contributed by atoms with Gasteiger partial charge in [0.1, 0.15) is 17.1 Å². The summed E-state index contributed by atoms with van der Waals surface area (Å²) in [5.41, 5.74) is 6.96. The summed E-state index contributed by atoms with van der Waals surface area (Å²) in [6, 6.07) is 15.1. The number of nitrogens with one attached hydrogen (secondary N) is 1. The molecule has 2 heterocycles. The van der Waals surface area contributed by atoms with Crippen LogP contribution in [0.2, 0.25) is 0 Å². The van der Waals surface area contributed by atoms with Gasteiger partial charge in [-0.3, -0.25) is 9.59 Å². The summed E-state index contributed by atoms with van der Waals surface area (Å²) >= 11 is 1.14. The number of alkyl halides is 3. The number of carbonyl (C=O) groups excluding carboxylic acids is 2. The molecule has 0 spiro atoms. The third-order valence-electron chi connectivity index (χ3n) is 4.65. The van der Waals surface area contributed by atoms with Crippen molar-refractivity contribution < 1.29 is 32.2 Å². The second kappa shape index (κ2) is 10.4. The van der Waals surface area contributed by atoms with Crippen LogP contribution in [0, 0.1) is 0 Å². The normalized spacial score (nSPS) is 11.1. The minimum atomic E-state index is -4.80. The summed E-state index contributed by atoms with van der Waals surface area (Å²) in [7, 11) is 0. The molecule has 4 rings (SSSR count). The molecular formula is C24H17F3N4O4S. The van der Waals surface area contributed by atoms with Gasteiger partial charge in [0.05, 0.1) is 12.1 Å². The van der Waals surface area contributed by atoms with Crippen LogP contribution in [-0.4, -0.2) is 28.1 Å². The van der Waals surface area contributed by atoms with E-state index in [0.29, 0.717) is 27.7 Å². The molecule has 184 valence electrons. The number of hydrogen-bond donors (Lipinski definition) is 2. The van der Waals surface area contributed by atoms with Crippen LogP contribution in [-0.2, 0) is 11.2 Å². The number of pyridine rings is 1. The Balaban J connectivity index is 1.36. The number of halogens is 3. The average Bonchev–Trinajstić information content (AvgIpc) is 3.28. The van der Waals surface area contributed by atoms with Crippen molar-refractivity contribution in [3.8, 4) is 28.6 Å². The van der Waals surface area contributed by atoms with E-state index >= 15 is 0 Å². The molecular weight excluding hydrogens is 497 g/mol. The first-order chi connectivity index (χ1) is 17.2. The van der Waals surface area contributed by atoms with Gasteiger partial charge in [-0.2, -0.15) is 0 Å². The third kappa shape index (κ3) is 6.57. The molecule has 0 saturated carbocycles. The van der Waals surface area contributed by atoms with Crippen molar-refractivity contribution in [2.45, 2.75) is 12.8 Å². The first-order valence-corrected chi connectivity index (χ1v) is 11.2. The Morgan fingerprint density at radius 1 is 1.03 bits per heavy atom. The number of anilines is 1. The van der Waals surface area contributed by atoms with Crippen LogP contribution in [0.3, 0.4) is 0 Å². The summed E-state index contributed by atoms with van der Waals surface area (Å²) in [5, 5.41) is 4.59. The summed E-state index contributed by atoms with van der Waals surface area (Å²) in [6.45, 7) is 0. The van der Waals surface area contributed by atoms with Crippen molar-refractivity contribution in [3.05, 3.63) is 83.4 Å². The molecule has 0 atom stereocenters. The lowest BCUT2D eigenvalue weighted by atomic mass is 10.1. The summed E-state index contributed by atoms with van der Waals surface area (Å²) in [6.07, 6.45) is -3.28. The molecule has 2 aromatic carbocycles. The SMILES string of the molecule is NC(=O)c1cccnc1Oc1ccc(CC(=O)Nc2nc(-c3cccc(OC(F)(F)F)c3)cs2)cc1. The number of nitrogens with two attached hydrogens (primary N) is 1. The van der Waals surface area contributed by atoms with Gasteiger partial charge < -0.3 is 20.5 Å². The second-order valence-corrected chi connectivity index (χ2v) is 8.16. The Labute approximate surface area is 206 Å². The molecule has 12 heteroatoms. The highest BCUT2D eigenvalue weighted by Gasteiger charge is 2.31. The van der Waals surface area contributed by atoms with E-state index in [2.05, 4.69) is 20.0 Å². The number of aromatic nitrogens is 2. The molecule has 4 aromatic rings. The van der Waals surface area contributed by atoms with Gasteiger partial charge in [-0.1, -0.05) is 24.3 Å². The van der Waals surface area contributed by atoms with Gasteiger partial charge in [0, 0.05) is 17.1 Å². The van der Waals surface area contributed by atoms with Crippen LogP contribution in [0.25, 0.3) is 11.3 Å². The molecule has 0 aliphatic carbocycles. The lowest BCUT2D eigenvalue weighted by molar-refractivity contribution is -0.274. The van der Waals surface area contributed by atoms with Gasteiger partial charge in [-0.05, 0) is 42.0 Å². The quantitative estimate of drug-likeness (QED) is 0.335. The maximum absolute atomic E-state index is 12.5. The highest BCUT2D eigenvalue weighted by atomic mass is 32.1. The van der Waals surface area contributed by atoms with E-state index in [-0.39, 0.29) is 29.5 Å². The molecule has 0 fully saturated rings. The lowest BCUT2D eigenvalue weighted by Gasteiger charge is -2.09. The van der Waals surface area contributed by atoms with E-state index in [1.807, 2.05) is 0 Å². The molecule has 2 aromatic heterocycles. The number of ether oxygens (including phenoxy) is 2. The van der Waals surface area contributed by atoms with Crippen LogP contribution in [0.5, 0.6) is 17.4 Å². The molecule has 2 amide bonds. The van der Waals surface area contributed by atoms with Gasteiger partial charge in [0.15, 0.2) is 5.13 Å². The summed E-state index contributed by atoms with van der Waals surface area (Å²) in [4.78, 5) is 32.2. The summed E-state index contributed by atoms with van der Waals surface area (Å²) in [5.74, 6) is -0.884. The topological polar surface area (TPSA) is 116 Å². The highest BCUT2D eigenvalue weighted by molar-refractivity contribution is 7.14. The Hall–Kier alpha value is -4.45. The van der Waals surface area contributed by atoms with E-state index in [9.17, 15) is 22.8 Å². The smallest absolute Gasteiger partial charge is 0.438 e. The molecule has 8 nitrogen and oxygen atoms in total. The molecule has 0 aliphatic heterocycles. The molecule has 0 radical (unpaired) electrons. The summed E-state index contributed by atoms with van der Waals surface area (Å²) < 4.78 is 46.9. The van der Waals surface area contributed by atoms with Gasteiger partial charge >= 0.3 is 6.36 Å². The fourth-order valence-corrected chi connectivity index (χ4v) is 3.85. The van der Waals surface area contributed by atoms with Gasteiger partial charge in [0.2, 0.25) is 11.8 Å². The highest BCUT2D eigenvalue weighted by Crippen LogP contribution is 2.30. The maximum atomic E-state index is 12.5. The molecule has 0 bridgehead atoms. The van der Waals surface area contributed by atoms with Crippen molar-refractivity contribution in [1.29, 1.82) is 0 Å². The van der Waals surface area contributed by atoms with Crippen LogP contribution in [0.1, 0.15) is 15.9 Å². The van der Waals surface area contributed by atoms with E-state index in [1.165, 1.54) is 30.5 Å². The molecule has 36 heavy (non-hydrogen) atoms. The number of amides is 2. The molecule has 3 N–H and O–H groups in total. The number of thiazole rings is 1. The molecule has 0 unspecified atom stereocenters. The molecule has 0 aliphatic rings. The standard InChI is InChI=1S/C24H17F3N4O4S/c25-24(26,27)35-17-4-1-3-15(12-17)19-13-36-23(30-19)31-20(32)11-14-6-8-16(9-7-14)34-22-18(21(28)33)5-2-10-29-22/h1-10,12-13H,11H2,(H2,28,33)(H,30,31,32). The van der Waals surface area contributed by atoms with Crippen LogP contribution >= 0.6 is 11.3 Å². The van der Waals surface area contributed by atoms with Crippen molar-refractivity contribution >= 4 is 28.3 Å². The predicted molar refractivity (Wildman–Crippen MR) is 126 cm³/mol. The van der Waals surface area contributed by atoms with E-state index in [1.54, 1.807) is 41.8 Å². The average molecular weight is 514 g/mol. The number of benzene rings is 2. The fourth-order valence-electron chi connectivity index (χ4n) is 3.11. The predicted octanol–water partition coefficient (Wildman–Crippen LogP) is 5.18. The number of hydrogen-bond acceptors (Lipinski definition) is 7. The Morgan fingerprint density at radius 2 is 1.81 bits per heavy atom. The van der Waals surface area contributed by atoms with Gasteiger partial charge in [-0.25, -0.2) is 9.97 Å². The zero-order valence-corrected chi connectivity index (χ0v) is 19.1. The number of rotatable bonds is 8. The van der Waals surface area contributed by atoms with Crippen molar-refractivity contribution in [2.24, 2.45) is 5.73 Å². The Morgan fingerprint density at radius 3 is 2.53 bits per heavy atom. The van der Waals surface area contributed by atoms with E-state index in [4.69, 9.17) is 10.5 Å². The monoisotopic (exact) mass is 514 g/mol. The third-order valence-corrected chi connectivity index (χ3v) is 5.41. The van der Waals surface area contributed by atoms with Crippen molar-refractivity contribution in [3.63, 3.8) is 0 Å². The van der Waals surface area contributed by atoms with Crippen molar-refractivity contribution in [1.82, 2.24) is 9.97 Å². The number of carbonyl (C=O) groups is 2. The first kappa shape index (κ1) is 24.7. The number of nitrogens with zero attached hydrogens (tertiary/aromatic N) is 2. The lowest BCUT2D eigenvalue weighted by Crippen LogP contribution is -2.17. The van der Waals surface area contributed by atoms with E-state index < -0.39 is 12.3 Å². The van der Waals surface area contributed by atoms with Crippen LogP contribution in [0.4, 0.5) is 18.3 Å². The zero-order chi connectivity index (χ0) is 25.7. The zero-order valence-electron chi connectivity index (χ0n) is 18.3. The van der Waals surface area contributed by atoms with Gasteiger partial charge in [-0.15, -0.1) is 24.5 Å². The molecule has 0 saturated heterocycles. The first-order valence-electron chi connectivity index (χ1n) is 10.3.